The van der Waals surface area contributed by atoms with Gasteiger partial charge in [-0.1, -0.05) is 29.8 Å². The van der Waals surface area contributed by atoms with Crippen molar-refractivity contribution in [2.45, 2.75) is 25.8 Å². The lowest BCUT2D eigenvalue weighted by Gasteiger charge is -2.28. The van der Waals surface area contributed by atoms with Crippen molar-refractivity contribution in [1.29, 1.82) is 0 Å². The molecule has 2 aliphatic heterocycles. The minimum absolute atomic E-state index is 0.0196. The molecule has 0 aliphatic carbocycles. The summed E-state index contributed by atoms with van der Waals surface area (Å²) in [4.78, 5) is 35.0. The lowest BCUT2D eigenvalue weighted by atomic mass is 10.1. The second-order valence-corrected chi connectivity index (χ2v) is 9.76. The summed E-state index contributed by atoms with van der Waals surface area (Å²) in [5, 5.41) is 0.464. The molecule has 0 atom stereocenters. The number of benzene rings is 2. The molecule has 2 amide bonds. The summed E-state index contributed by atoms with van der Waals surface area (Å²) in [7, 11) is 3.58. The van der Waals surface area contributed by atoms with E-state index in [2.05, 4.69) is 16.8 Å². The van der Waals surface area contributed by atoms with Gasteiger partial charge in [-0.25, -0.2) is 0 Å². The Kier molecular flexibility index (Phi) is 8.65. The second-order valence-electron chi connectivity index (χ2n) is 9.35. The third kappa shape index (κ3) is 6.15. The van der Waals surface area contributed by atoms with E-state index in [-0.39, 0.29) is 18.4 Å². The molecule has 0 spiro atoms. The maximum atomic E-state index is 13.9. The van der Waals surface area contributed by atoms with E-state index in [1.54, 1.807) is 4.90 Å². The number of nitrogens with zero attached hydrogens (tertiary/aromatic N) is 4. The highest BCUT2D eigenvalue weighted by Gasteiger charge is 2.25. The zero-order valence-corrected chi connectivity index (χ0v) is 21.5. The van der Waals surface area contributed by atoms with Crippen molar-refractivity contribution in [2.75, 3.05) is 69.8 Å². The van der Waals surface area contributed by atoms with Gasteiger partial charge in [-0.15, -0.1) is 0 Å². The quantitative estimate of drug-likeness (QED) is 0.640. The number of anilines is 2. The average Bonchev–Trinajstić information content (AvgIpc) is 3.39. The van der Waals surface area contributed by atoms with Crippen molar-refractivity contribution in [3.8, 4) is 0 Å². The Bertz CT molecular complexity index is 1040. The van der Waals surface area contributed by atoms with Crippen LogP contribution in [0.3, 0.4) is 0 Å². The van der Waals surface area contributed by atoms with Gasteiger partial charge >= 0.3 is 0 Å². The van der Waals surface area contributed by atoms with Crippen LogP contribution < -0.4 is 9.80 Å². The van der Waals surface area contributed by atoms with Gasteiger partial charge in [0.15, 0.2) is 0 Å². The van der Waals surface area contributed by atoms with E-state index in [0.717, 1.165) is 49.5 Å². The molecule has 1 fully saturated rings. The van der Waals surface area contributed by atoms with Gasteiger partial charge in [0.2, 0.25) is 0 Å². The van der Waals surface area contributed by atoms with Crippen LogP contribution >= 0.6 is 11.6 Å². The van der Waals surface area contributed by atoms with Crippen LogP contribution in [0.5, 0.6) is 0 Å². The molecule has 1 saturated heterocycles. The molecular formula is C27H35ClN4O3. The van der Waals surface area contributed by atoms with Crippen LogP contribution in [0.1, 0.15) is 35.2 Å². The molecule has 2 heterocycles. The van der Waals surface area contributed by atoms with E-state index >= 15 is 0 Å². The van der Waals surface area contributed by atoms with Crippen molar-refractivity contribution in [3.05, 3.63) is 58.6 Å². The summed E-state index contributed by atoms with van der Waals surface area (Å²) in [6, 6.07) is 13.6. The standard InChI is InChI=1S/C27H35ClN4O3/c1-29-12-7-15-32(26(33)20-35-2)25-9-4-3-8-21(25)19-31(17-16-29)27(34)23-18-22(10-11-24(23)28)30-13-5-6-14-30/h3-4,8-11,18H,5-7,12-17,19-20H2,1-2H3. The Morgan fingerprint density at radius 1 is 0.943 bits per heavy atom. The number of hydrogen-bond acceptors (Lipinski definition) is 5. The van der Waals surface area contributed by atoms with E-state index in [9.17, 15) is 9.59 Å². The molecule has 2 aromatic rings. The second kappa shape index (κ2) is 11.9. The molecule has 4 rings (SSSR count). The maximum Gasteiger partial charge on any atom is 0.255 e. The van der Waals surface area contributed by atoms with Gasteiger partial charge in [-0.2, -0.15) is 0 Å². The fraction of sp³-hybridized carbons (Fsp3) is 0.481. The number of hydrogen-bond donors (Lipinski definition) is 0. The third-order valence-corrected chi connectivity index (χ3v) is 7.15. The highest BCUT2D eigenvalue weighted by Crippen LogP contribution is 2.29. The van der Waals surface area contributed by atoms with Gasteiger partial charge < -0.3 is 24.3 Å². The van der Waals surface area contributed by atoms with Crippen LogP contribution in [0.15, 0.2) is 42.5 Å². The van der Waals surface area contributed by atoms with Crippen LogP contribution in [-0.4, -0.2) is 81.6 Å². The van der Waals surface area contributed by atoms with Crippen molar-refractivity contribution < 1.29 is 14.3 Å². The van der Waals surface area contributed by atoms with Crippen LogP contribution in [0, 0.1) is 0 Å². The molecule has 2 aromatic carbocycles. The maximum absolute atomic E-state index is 13.9. The molecule has 0 N–H and O–H groups in total. The van der Waals surface area contributed by atoms with Gasteiger partial charge in [-0.3, -0.25) is 9.59 Å². The number of para-hydroxylation sites is 1. The molecule has 8 heteroatoms. The number of likely N-dealkylation sites (N-methyl/N-ethyl adjacent to an activating group) is 1. The number of carbonyl (C=O) groups excluding carboxylic acids is 2. The molecular weight excluding hydrogens is 464 g/mol. The van der Waals surface area contributed by atoms with Gasteiger partial charge in [0.1, 0.15) is 6.61 Å². The molecule has 35 heavy (non-hydrogen) atoms. The van der Waals surface area contributed by atoms with Crippen LogP contribution in [0.25, 0.3) is 0 Å². The number of amides is 2. The predicted octanol–water partition coefficient (Wildman–Crippen LogP) is 3.90. The Labute approximate surface area is 213 Å². The van der Waals surface area contributed by atoms with E-state index in [1.807, 2.05) is 47.4 Å². The predicted molar refractivity (Wildman–Crippen MR) is 140 cm³/mol. The first-order valence-corrected chi connectivity index (χ1v) is 12.7. The van der Waals surface area contributed by atoms with E-state index in [0.29, 0.717) is 30.2 Å². The van der Waals surface area contributed by atoms with Gasteiger partial charge in [0, 0.05) is 57.8 Å². The van der Waals surface area contributed by atoms with Crippen LogP contribution in [0.2, 0.25) is 5.02 Å². The zero-order valence-electron chi connectivity index (χ0n) is 20.7. The molecule has 2 aliphatic rings. The fourth-order valence-corrected chi connectivity index (χ4v) is 5.07. The summed E-state index contributed by atoms with van der Waals surface area (Å²) in [6.45, 7) is 5.15. The highest BCUT2D eigenvalue weighted by atomic mass is 35.5. The summed E-state index contributed by atoms with van der Waals surface area (Å²) < 4.78 is 5.14. The Balaban J connectivity index is 1.67. The van der Waals surface area contributed by atoms with Gasteiger partial charge in [0.25, 0.3) is 11.8 Å². The number of ether oxygens (including phenoxy) is 1. The molecule has 188 valence electrons. The largest absolute Gasteiger partial charge is 0.375 e. The number of rotatable bonds is 4. The van der Waals surface area contributed by atoms with Crippen molar-refractivity contribution in [1.82, 2.24) is 9.80 Å². The van der Waals surface area contributed by atoms with Gasteiger partial charge in [-0.05, 0) is 62.7 Å². The zero-order chi connectivity index (χ0) is 24.8. The Hall–Kier alpha value is -2.61. The first-order chi connectivity index (χ1) is 17.0. The minimum atomic E-state index is -0.0896. The number of halogens is 1. The molecule has 7 nitrogen and oxygen atoms in total. The third-order valence-electron chi connectivity index (χ3n) is 6.82. The monoisotopic (exact) mass is 498 g/mol. The molecule has 0 unspecified atom stereocenters. The van der Waals surface area contributed by atoms with E-state index in [1.165, 1.54) is 20.0 Å². The topological polar surface area (TPSA) is 56.3 Å². The average molecular weight is 499 g/mol. The van der Waals surface area contributed by atoms with Crippen molar-refractivity contribution in [3.63, 3.8) is 0 Å². The van der Waals surface area contributed by atoms with Gasteiger partial charge in [0.05, 0.1) is 10.6 Å². The lowest BCUT2D eigenvalue weighted by molar-refractivity contribution is -0.122. The first kappa shape index (κ1) is 25.5. The molecule has 0 bridgehead atoms. The fourth-order valence-electron chi connectivity index (χ4n) is 4.87. The SMILES string of the molecule is COCC(=O)N1CCCN(C)CCN(C(=O)c2cc(N3CCCC3)ccc2Cl)Cc2ccccc21. The smallest absolute Gasteiger partial charge is 0.255 e. The lowest BCUT2D eigenvalue weighted by Crippen LogP contribution is -2.37. The molecule has 0 saturated carbocycles. The number of fused-ring (bicyclic) bond motifs is 1. The number of methoxy groups -OCH3 is 1. The Morgan fingerprint density at radius 2 is 1.71 bits per heavy atom. The van der Waals surface area contributed by atoms with Crippen molar-refractivity contribution >= 4 is 34.8 Å². The summed E-state index contributed by atoms with van der Waals surface area (Å²) in [5.41, 5.74) is 3.33. The van der Waals surface area contributed by atoms with E-state index in [4.69, 9.17) is 16.3 Å². The van der Waals surface area contributed by atoms with Crippen LogP contribution in [-0.2, 0) is 16.1 Å². The summed E-state index contributed by atoms with van der Waals surface area (Å²) >= 11 is 6.56. The summed E-state index contributed by atoms with van der Waals surface area (Å²) in [6.07, 6.45) is 3.16. The highest BCUT2D eigenvalue weighted by molar-refractivity contribution is 6.34. The molecule has 0 aromatic heterocycles. The minimum Gasteiger partial charge on any atom is -0.375 e. The van der Waals surface area contributed by atoms with Crippen LogP contribution in [0.4, 0.5) is 11.4 Å². The number of carbonyl (C=O) groups is 2. The summed E-state index contributed by atoms with van der Waals surface area (Å²) in [5.74, 6) is -0.172. The van der Waals surface area contributed by atoms with E-state index < -0.39 is 0 Å². The molecule has 0 radical (unpaired) electrons. The Morgan fingerprint density at radius 3 is 2.49 bits per heavy atom. The normalized spacial score (nSPS) is 17.7. The van der Waals surface area contributed by atoms with Crippen molar-refractivity contribution in [2.24, 2.45) is 0 Å². The first-order valence-electron chi connectivity index (χ1n) is 12.4.